The molecule has 0 aromatic heterocycles. The highest BCUT2D eigenvalue weighted by molar-refractivity contribution is 7.89. The molecule has 2 rings (SSSR count). The fraction of sp³-hybridized carbons (Fsp3) is 0.500. The SMILES string of the molecule is CC(C)(N)CNS(=O)(=O)c1cc2c(cc1[N+](=O)[O-])OCCO2. The van der Waals surface area contributed by atoms with Crippen molar-refractivity contribution in [2.45, 2.75) is 24.3 Å². The van der Waals surface area contributed by atoms with Crippen LogP contribution in [0.1, 0.15) is 13.8 Å². The first-order valence-corrected chi connectivity index (χ1v) is 7.95. The zero-order valence-electron chi connectivity index (χ0n) is 12.2. The Bertz CT molecular complexity index is 696. The summed E-state index contributed by atoms with van der Waals surface area (Å²) in [4.78, 5) is 9.89. The van der Waals surface area contributed by atoms with E-state index < -0.39 is 31.1 Å². The van der Waals surface area contributed by atoms with E-state index in [0.717, 1.165) is 12.1 Å². The van der Waals surface area contributed by atoms with Crippen LogP contribution in [0.4, 0.5) is 5.69 Å². The Kier molecular flexibility index (Phi) is 4.27. The number of hydrogen-bond acceptors (Lipinski definition) is 7. The van der Waals surface area contributed by atoms with Gasteiger partial charge in [-0.25, -0.2) is 13.1 Å². The molecule has 0 atom stereocenters. The number of sulfonamides is 1. The van der Waals surface area contributed by atoms with Gasteiger partial charge in [-0.3, -0.25) is 10.1 Å². The van der Waals surface area contributed by atoms with E-state index >= 15 is 0 Å². The molecule has 1 heterocycles. The molecular weight excluding hydrogens is 314 g/mol. The number of nitro benzene ring substituents is 1. The van der Waals surface area contributed by atoms with Crippen LogP contribution in [-0.4, -0.2) is 38.6 Å². The first-order chi connectivity index (χ1) is 10.1. The highest BCUT2D eigenvalue weighted by Crippen LogP contribution is 2.38. The second-order valence-electron chi connectivity index (χ2n) is 5.53. The Morgan fingerprint density at radius 2 is 1.86 bits per heavy atom. The monoisotopic (exact) mass is 331 g/mol. The molecule has 0 fully saturated rings. The van der Waals surface area contributed by atoms with Crippen LogP contribution in [0, 0.1) is 10.1 Å². The molecule has 10 heteroatoms. The maximum atomic E-state index is 12.3. The lowest BCUT2D eigenvalue weighted by atomic mass is 10.1. The van der Waals surface area contributed by atoms with Crippen molar-refractivity contribution in [3.63, 3.8) is 0 Å². The number of benzene rings is 1. The number of rotatable bonds is 5. The first kappa shape index (κ1) is 16.5. The van der Waals surface area contributed by atoms with Crippen molar-refractivity contribution in [2.75, 3.05) is 19.8 Å². The number of fused-ring (bicyclic) bond motifs is 1. The van der Waals surface area contributed by atoms with Gasteiger partial charge in [0.1, 0.15) is 13.2 Å². The molecule has 22 heavy (non-hydrogen) atoms. The molecule has 1 aliphatic rings. The summed E-state index contributed by atoms with van der Waals surface area (Å²) in [5, 5.41) is 11.1. The van der Waals surface area contributed by atoms with E-state index in [1.807, 2.05) is 0 Å². The van der Waals surface area contributed by atoms with Crippen LogP contribution in [-0.2, 0) is 10.0 Å². The first-order valence-electron chi connectivity index (χ1n) is 6.47. The molecular formula is C12H17N3O6S. The van der Waals surface area contributed by atoms with Crippen LogP contribution in [0.2, 0.25) is 0 Å². The lowest BCUT2D eigenvalue weighted by Gasteiger charge is -2.21. The number of nitro groups is 1. The van der Waals surface area contributed by atoms with Crippen LogP contribution in [0.15, 0.2) is 17.0 Å². The maximum absolute atomic E-state index is 12.3. The smallest absolute Gasteiger partial charge is 0.293 e. The average Bonchev–Trinajstić information content (AvgIpc) is 2.43. The predicted molar refractivity (Wildman–Crippen MR) is 77.5 cm³/mol. The molecule has 0 aliphatic carbocycles. The zero-order valence-corrected chi connectivity index (χ0v) is 13.0. The van der Waals surface area contributed by atoms with Gasteiger partial charge in [0.2, 0.25) is 10.0 Å². The van der Waals surface area contributed by atoms with E-state index in [-0.39, 0.29) is 31.3 Å². The summed E-state index contributed by atoms with van der Waals surface area (Å²) in [6.45, 7) is 3.69. The molecule has 0 saturated carbocycles. The molecule has 0 unspecified atom stereocenters. The van der Waals surface area contributed by atoms with Crippen molar-refractivity contribution in [2.24, 2.45) is 5.73 Å². The molecule has 1 aliphatic heterocycles. The summed E-state index contributed by atoms with van der Waals surface area (Å²) >= 11 is 0. The average molecular weight is 331 g/mol. The van der Waals surface area contributed by atoms with Gasteiger partial charge in [-0.1, -0.05) is 0 Å². The third-order valence-electron chi connectivity index (χ3n) is 2.83. The second kappa shape index (κ2) is 5.71. The van der Waals surface area contributed by atoms with Gasteiger partial charge in [-0.15, -0.1) is 0 Å². The molecule has 0 amide bonds. The Hall–Kier alpha value is -1.91. The van der Waals surface area contributed by atoms with Gasteiger partial charge in [0.05, 0.1) is 11.0 Å². The lowest BCUT2D eigenvalue weighted by molar-refractivity contribution is -0.388. The lowest BCUT2D eigenvalue weighted by Crippen LogP contribution is -2.45. The summed E-state index contributed by atoms with van der Waals surface area (Å²) in [7, 11) is -4.11. The minimum Gasteiger partial charge on any atom is -0.486 e. The normalized spacial score (nSPS) is 14.7. The largest absolute Gasteiger partial charge is 0.486 e. The Morgan fingerprint density at radius 3 is 2.36 bits per heavy atom. The van der Waals surface area contributed by atoms with Crippen LogP contribution in [0.3, 0.4) is 0 Å². The topological polar surface area (TPSA) is 134 Å². The van der Waals surface area contributed by atoms with Crippen molar-refractivity contribution < 1.29 is 22.8 Å². The summed E-state index contributed by atoms with van der Waals surface area (Å²) in [6.07, 6.45) is 0. The van der Waals surface area contributed by atoms with E-state index in [2.05, 4.69) is 4.72 Å². The molecule has 0 spiro atoms. The Balaban J connectivity index is 2.46. The number of nitrogens with zero attached hydrogens (tertiary/aromatic N) is 1. The molecule has 9 nitrogen and oxygen atoms in total. The van der Waals surface area contributed by atoms with E-state index in [1.54, 1.807) is 13.8 Å². The highest BCUT2D eigenvalue weighted by atomic mass is 32.2. The maximum Gasteiger partial charge on any atom is 0.293 e. The molecule has 0 saturated heterocycles. The van der Waals surface area contributed by atoms with Gasteiger partial charge < -0.3 is 15.2 Å². The third kappa shape index (κ3) is 3.64. The molecule has 0 bridgehead atoms. The van der Waals surface area contributed by atoms with Gasteiger partial charge >= 0.3 is 0 Å². The van der Waals surface area contributed by atoms with Crippen molar-refractivity contribution in [3.8, 4) is 11.5 Å². The number of hydrogen-bond donors (Lipinski definition) is 2. The van der Waals surface area contributed by atoms with E-state index in [0.29, 0.717) is 0 Å². The van der Waals surface area contributed by atoms with Gasteiger partial charge in [-0.05, 0) is 13.8 Å². The number of nitrogens with two attached hydrogens (primary N) is 1. The fourth-order valence-electron chi connectivity index (χ4n) is 1.78. The van der Waals surface area contributed by atoms with Crippen LogP contribution in [0.5, 0.6) is 11.5 Å². The van der Waals surface area contributed by atoms with Gasteiger partial charge in [-0.2, -0.15) is 0 Å². The highest BCUT2D eigenvalue weighted by Gasteiger charge is 2.31. The van der Waals surface area contributed by atoms with Crippen LogP contribution >= 0.6 is 0 Å². The van der Waals surface area contributed by atoms with E-state index in [9.17, 15) is 18.5 Å². The predicted octanol–water partition coefficient (Wildman–Crippen LogP) is 0.382. The van der Waals surface area contributed by atoms with Gasteiger partial charge in [0, 0.05) is 18.2 Å². The van der Waals surface area contributed by atoms with E-state index in [1.165, 1.54) is 0 Å². The van der Waals surface area contributed by atoms with Crippen LogP contribution in [0.25, 0.3) is 0 Å². The summed E-state index contributed by atoms with van der Waals surface area (Å²) in [5.74, 6) is 0.306. The summed E-state index contributed by atoms with van der Waals surface area (Å²) in [5.41, 5.74) is 4.35. The Morgan fingerprint density at radius 1 is 1.32 bits per heavy atom. The number of nitrogens with one attached hydrogen (secondary N) is 1. The zero-order chi connectivity index (χ0) is 16.5. The van der Waals surface area contributed by atoms with Gasteiger partial charge in [0.25, 0.3) is 5.69 Å². The van der Waals surface area contributed by atoms with E-state index in [4.69, 9.17) is 15.2 Å². The fourth-order valence-corrected chi connectivity index (χ4v) is 3.16. The minimum absolute atomic E-state index is 0.0685. The second-order valence-corrected chi connectivity index (χ2v) is 7.27. The molecule has 0 radical (unpaired) electrons. The van der Waals surface area contributed by atoms with Crippen molar-refractivity contribution in [1.29, 1.82) is 0 Å². The van der Waals surface area contributed by atoms with Crippen molar-refractivity contribution >= 4 is 15.7 Å². The molecule has 3 N–H and O–H groups in total. The summed E-state index contributed by atoms with van der Waals surface area (Å²) < 4.78 is 37.4. The quantitative estimate of drug-likeness (QED) is 0.588. The van der Waals surface area contributed by atoms with Gasteiger partial charge in [0.15, 0.2) is 16.4 Å². The third-order valence-corrected chi connectivity index (χ3v) is 4.26. The van der Waals surface area contributed by atoms with Crippen molar-refractivity contribution in [3.05, 3.63) is 22.2 Å². The molecule has 122 valence electrons. The Labute approximate surface area is 127 Å². The standard InChI is InChI=1S/C12H17N3O6S/c1-12(2,13)7-14-22(18,19)11-6-10-9(20-3-4-21-10)5-8(11)15(16)17/h5-6,14H,3-4,7,13H2,1-2H3. The molecule has 1 aromatic carbocycles. The minimum atomic E-state index is -4.11. The van der Waals surface area contributed by atoms with Crippen molar-refractivity contribution in [1.82, 2.24) is 4.72 Å². The summed E-state index contributed by atoms with van der Waals surface area (Å²) in [6, 6.07) is 2.15. The number of ether oxygens (including phenoxy) is 2. The molecule has 1 aromatic rings. The van der Waals surface area contributed by atoms with Crippen LogP contribution < -0.4 is 19.9 Å².